The Morgan fingerprint density at radius 2 is 1.40 bits per heavy atom. The van der Waals surface area contributed by atoms with Crippen molar-refractivity contribution in [1.29, 1.82) is 0 Å². The standard InChI is InChI=1S/C17H13N3/c1-12-10-11-13-6-2-3-7-14(13)17(12)20-18-15-8-4-5-9-16(15)19-20/h2-11H,1H3. The van der Waals surface area contributed by atoms with Crippen molar-refractivity contribution in [2.24, 2.45) is 0 Å². The summed E-state index contributed by atoms with van der Waals surface area (Å²) in [7, 11) is 0. The van der Waals surface area contributed by atoms with Gasteiger partial charge in [0.25, 0.3) is 0 Å². The lowest BCUT2D eigenvalue weighted by Gasteiger charge is -2.08. The van der Waals surface area contributed by atoms with Crippen LogP contribution in [0.15, 0.2) is 60.7 Å². The number of benzene rings is 3. The van der Waals surface area contributed by atoms with Crippen LogP contribution in [0.2, 0.25) is 0 Å². The molecular weight excluding hydrogens is 246 g/mol. The maximum Gasteiger partial charge on any atom is 0.113 e. The summed E-state index contributed by atoms with van der Waals surface area (Å²) >= 11 is 0. The molecule has 0 atom stereocenters. The van der Waals surface area contributed by atoms with Crippen LogP contribution in [0.3, 0.4) is 0 Å². The van der Waals surface area contributed by atoms with E-state index in [0.717, 1.165) is 16.7 Å². The van der Waals surface area contributed by atoms with Crippen LogP contribution < -0.4 is 0 Å². The number of hydrogen-bond acceptors (Lipinski definition) is 2. The smallest absolute Gasteiger partial charge is 0.113 e. The van der Waals surface area contributed by atoms with Crippen molar-refractivity contribution in [1.82, 2.24) is 15.0 Å². The Kier molecular flexibility index (Phi) is 2.33. The molecule has 0 amide bonds. The molecule has 3 nitrogen and oxygen atoms in total. The zero-order valence-corrected chi connectivity index (χ0v) is 11.1. The Hall–Kier alpha value is -2.68. The SMILES string of the molecule is Cc1ccc2ccccc2c1-n1nc2ccccc2n1. The van der Waals surface area contributed by atoms with Gasteiger partial charge in [-0.2, -0.15) is 0 Å². The fraction of sp³-hybridized carbons (Fsp3) is 0.0588. The van der Waals surface area contributed by atoms with E-state index in [1.54, 1.807) is 4.80 Å². The number of aryl methyl sites for hydroxylation is 1. The molecule has 96 valence electrons. The number of aromatic nitrogens is 3. The van der Waals surface area contributed by atoms with Gasteiger partial charge in [-0.3, -0.25) is 0 Å². The van der Waals surface area contributed by atoms with Gasteiger partial charge in [0.15, 0.2) is 0 Å². The van der Waals surface area contributed by atoms with E-state index in [1.165, 1.54) is 16.3 Å². The van der Waals surface area contributed by atoms with Gasteiger partial charge in [0.05, 0.1) is 5.69 Å². The second-order valence-electron chi connectivity index (χ2n) is 4.93. The van der Waals surface area contributed by atoms with E-state index in [4.69, 9.17) is 0 Å². The van der Waals surface area contributed by atoms with Crippen molar-refractivity contribution in [2.75, 3.05) is 0 Å². The zero-order valence-electron chi connectivity index (χ0n) is 11.1. The summed E-state index contributed by atoms with van der Waals surface area (Å²) in [6.45, 7) is 2.09. The third kappa shape index (κ3) is 1.60. The fourth-order valence-electron chi connectivity index (χ4n) is 2.59. The van der Waals surface area contributed by atoms with Crippen LogP contribution in [0.5, 0.6) is 0 Å². The number of fused-ring (bicyclic) bond motifs is 2. The largest absolute Gasteiger partial charge is 0.150 e. The highest BCUT2D eigenvalue weighted by molar-refractivity contribution is 5.91. The maximum absolute atomic E-state index is 4.60. The fourth-order valence-corrected chi connectivity index (χ4v) is 2.59. The van der Waals surface area contributed by atoms with Crippen LogP contribution in [-0.4, -0.2) is 15.0 Å². The molecule has 0 saturated carbocycles. The van der Waals surface area contributed by atoms with Crippen LogP contribution in [0.25, 0.3) is 27.5 Å². The van der Waals surface area contributed by atoms with Crippen molar-refractivity contribution in [3.05, 3.63) is 66.2 Å². The molecule has 1 heterocycles. The van der Waals surface area contributed by atoms with E-state index >= 15 is 0 Å². The molecule has 0 saturated heterocycles. The first-order chi connectivity index (χ1) is 9.83. The molecule has 3 aromatic carbocycles. The monoisotopic (exact) mass is 259 g/mol. The van der Waals surface area contributed by atoms with E-state index < -0.39 is 0 Å². The molecule has 4 rings (SSSR count). The number of nitrogens with zero attached hydrogens (tertiary/aromatic N) is 3. The van der Waals surface area contributed by atoms with Gasteiger partial charge < -0.3 is 0 Å². The summed E-state index contributed by atoms with van der Waals surface area (Å²) in [5.74, 6) is 0. The van der Waals surface area contributed by atoms with Crippen molar-refractivity contribution in [2.45, 2.75) is 6.92 Å². The maximum atomic E-state index is 4.60. The second-order valence-corrected chi connectivity index (χ2v) is 4.93. The average Bonchev–Trinajstić information content (AvgIpc) is 2.90. The minimum atomic E-state index is 0.917. The predicted octanol–water partition coefficient (Wildman–Crippen LogP) is 3.88. The minimum Gasteiger partial charge on any atom is -0.150 e. The van der Waals surface area contributed by atoms with E-state index in [1.807, 2.05) is 24.3 Å². The normalized spacial score (nSPS) is 11.2. The van der Waals surface area contributed by atoms with Gasteiger partial charge in [-0.1, -0.05) is 48.5 Å². The average molecular weight is 259 g/mol. The van der Waals surface area contributed by atoms with Crippen molar-refractivity contribution >= 4 is 21.8 Å². The van der Waals surface area contributed by atoms with Gasteiger partial charge in [0, 0.05) is 5.39 Å². The summed E-state index contributed by atoms with van der Waals surface area (Å²) in [5.41, 5.74) is 4.06. The molecule has 0 unspecified atom stereocenters. The molecule has 0 radical (unpaired) electrons. The lowest BCUT2D eigenvalue weighted by atomic mass is 10.1. The molecule has 0 aliphatic carbocycles. The van der Waals surface area contributed by atoms with E-state index in [0.29, 0.717) is 0 Å². The molecule has 0 aliphatic rings. The summed E-state index contributed by atoms with van der Waals surface area (Å²) in [6, 6.07) is 20.5. The van der Waals surface area contributed by atoms with E-state index in [2.05, 4.69) is 53.5 Å². The molecule has 4 aromatic rings. The molecule has 3 heteroatoms. The van der Waals surface area contributed by atoms with Crippen LogP contribution in [-0.2, 0) is 0 Å². The van der Waals surface area contributed by atoms with E-state index in [-0.39, 0.29) is 0 Å². The third-order valence-electron chi connectivity index (χ3n) is 3.59. The first kappa shape index (κ1) is 11.2. The Bertz CT molecular complexity index is 889. The Morgan fingerprint density at radius 3 is 2.15 bits per heavy atom. The summed E-state index contributed by atoms with van der Waals surface area (Å²) in [5, 5.41) is 11.6. The summed E-state index contributed by atoms with van der Waals surface area (Å²) in [4.78, 5) is 1.75. The zero-order chi connectivity index (χ0) is 13.5. The van der Waals surface area contributed by atoms with Crippen LogP contribution in [0.1, 0.15) is 5.56 Å². The number of rotatable bonds is 1. The van der Waals surface area contributed by atoms with Gasteiger partial charge >= 0.3 is 0 Å². The van der Waals surface area contributed by atoms with Crippen LogP contribution in [0, 0.1) is 6.92 Å². The molecule has 0 N–H and O–H groups in total. The number of hydrogen-bond donors (Lipinski definition) is 0. The molecule has 0 bridgehead atoms. The first-order valence-corrected chi connectivity index (χ1v) is 6.64. The molecule has 0 spiro atoms. The molecule has 1 aromatic heterocycles. The van der Waals surface area contributed by atoms with Crippen molar-refractivity contribution in [3.8, 4) is 5.69 Å². The van der Waals surface area contributed by atoms with Gasteiger partial charge in [-0.15, -0.1) is 15.0 Å². The summed E-state index contributed by atoms with van der Waals surface area (Å²) < 4.78 is 0. The van der Waals surface area contributed by atoms with Crippen LogP contribution in [0.4, 0.5) is 0 Å². The minimum absolute atomic E-state index is 0.917. The molecule has 0 aliphatic heterocycles. The van der Waals surface area contributed by atoms with E-state index in [9.17, 15) is 0 Å². The van der Waals surface area contributed by atoms with Gasteiger partial charge in [-0.05, 0) is 30.0 Å². The first-order valence-electron chi connectivity index (χ1n) is 6.64. The topological polar surface area (TPSA) is 30.7 Å². The Labute approximate surface area is 116 Å². The molecular formula is C17H13N3. The highest BCUT2D eigenvalue weighted by Crippen LogP contribution is 2.25. The van der Waals surface area contributed by atoms with Gasteiger partial charge in [-0.25, -0.2) is 0 Å². The quantitative estimate of drug-likeness (QED) is 0.519. The molecule has 20 heavy (non-hydrogen) atoms. The van der Waals surface area contributed by atoms with Gasteiger partial charge in [0.2, 0.25) is 0 Å². The predicted molar refractivity (Wildman–Crippen MR) is 81.1 cm³/mol. The summed E-state index contributed by atoms with van der Waals surface area (Å²) in [6.07, 6.45) is 0. The van der Waals surface area contributed by atoms with Crippen molar-refractivity contribution < 1.29 is 0 Å². The highest BCUT2D eigenvalue weighted by Gasteiger charge is 2.10. The third-order valence-corrected chi connectivity index (χ3v) is 3.59. The van der Waals surface area contributed by atoms with Crippen LogP contribution >= 0.6 is 0 Å². The van der Waals surface area contributed by atoms with Gasteiger partial charge in [0.1, 0.15) is 11.0 Å². The Morgan fingerprint density at radius 1 is 0.750 bits per heavy atom. The lowest BCUT2D eigenvalue weighted by molar-refractivity contribution is 0.766. The highest BCUT2D eigenvalue weighted by atomic mass is 15.5. The molecule has 0 fully saturated rings. The Balaban J connectivity index is 2.08. The lowest BCUT2D eigenvalue weighted by Crippen LogP contribution is -2.02. The second kappa shape index (κ2) is 4.17. The van der Waals surface area contributed by atoms with Crippen molar-refractivity contribution in [3.63, 3.8) is 0 Å².